The summed E-state index contributed by atoms with van der Waals surface area (Å²) in [5.41, 5.74) is 0.379. The monoisotopic (exact) mass is 258 g/mol. The number of carbonyl (C=O) groups excluding carboxylic acids is 1. The molecule has 1 rings (SSSR count). The maximum atomic E-state index is 11.3. The standard InChI is InChI=1S/C11H18N2O3S/c1-7(2)16-6-5-12-11-13-9(8(3)17-11)10(14)15-4/h7H,5-6H2,1-4H3,(H,12,13). The molecule has 0 unspecified atom stereocenters. The van der Waals surface area contributed by atoms with Crippen LogP contribution in [0.25, 0.3) is 0 Å². The molecular formula is C11H18N2O3S. The van der Waals surface area contributed by atoms with Crippen LogP contribution in [-0.2, 0) is 9.47 Å². The van der Waals surface area contributed by atoms with Crippen molar-refractivity contribution >= 4 is 22.4 Å². The third-order valence-corrected chi connectivity index (χ3v) is 2.93. The van der Waals surface area contributed by atoms with Crippen molar-refractivity contribution in [2.24, 2.45) is 0 Å². The number of ether oxygens (including phenoxy) is 2. The second-order valence-electron chi connectivity index (χ2n) is 3.76. The normalized spacial score (nSPS) is 10.6. The highest BCUT2D eigenvalue weighted by Gasteiger charge is 2.15. The molecule has 1 aromatic heterocycles. The topological polar surface area (TPSA) is 60.5 Å². The zero-order valence-electron chi connectivity index (χ0n) is 10.6. The first-order chi connectivity index (χ1) is 8.04. The van der Waals surface area contributed by atoms with Crippen LogP contribution in [0.15, 0.2) is 0 Å². The largest absolute Gasteiger partial charge is 0.464 e. The Balaban J connectivity index is 2.47. The molecule has 96 valence electrons. The molecule has 1 N–H and O–H groups in total. The van der Waals surface area contributed by atoms with Crippen LogP contribution < -0.4 is 5.32 Å². The molecule has 0 saturated heterocycles. The molecule has 0 aliphatic heterocycles. The van der Waals surface area contributed by atoms with Crippen molar-refractivity contribution in [2.45, 2.75) is 26.9 Å². The first-order valence-electron chi connectivity index (χ1n) is 5.45. The molecule has 0 atom stereocenters. The number of hydrogen-bond donors (Lipinski definition) is 1. The Bertz CT molecular complexity index is 377. The van der Waals surface area contributed by atoms with Gasteiger partial charge in [0, 0.05) is 11.4 Å². The van der Waals surface area contributed by atoms with E-state index in [1.165, 1.54) is 18.4 Å². The predicted molar refractivity (Wildman–Crippen MR) is 67.8 cm³/mol. The van der Waals surface area contributed by atoms with Crippen LogP contribution in [0.4, 0.5) is 5.13 Å². The maximum absolute atomic E-state index is 11.3. The molecule has 0 amide bonds. The molecule has 0 aliphatic rings. The summed E-state index contributed by atoms with van der Waals surface area (Å²) in [6.45, 7) is 7.11. The molecule has 0 saturated carbocycles. The van der Waals surface area contributed by atoms with Gasteiger partial charge in [0.25, 0.3) is 0 Å². The summed E-state index contributed by atoms with van der Waals surface area (Å²) in [5, 5.41) is 3.83. The van der Waals surface area contributed by atoms with E-state index in [1.54, 1.807) is 0 Å². The van der Waals surface area contributed by atoms with Crippen molar-refractivity contribution in [1.29, 1.82) is 0 Å². The number of esters is 1. The molecule has 0 radical (unpaired) electrons. The fraction of sp³-hybridized carbons (Fsp3) is 0.636. The van der Waals surface area contributed by atoms with Crippen molar-refractivity contribution in [3.63, 3.8) is 0 Å². The minimum atomic E-state index is -0.398. The van der Waals surface area contributed by atoms with Gasteiger partial charge in [-0.1, -0.05) is 0 Å². The second-order valence-corrected chi connectivity index (χ2v) is 4.96. The third-order valence-electron chi connectivity index (χ3n) is 2.00. The number of rotatable bonds is 6. The van der Waals surface area contributed by atoms with Crippen LogP contribution >= 0.6 is 11.3 Å². The summed E-state index contributed by atoms with van der Waals surface area (Å²) in [6, 6.07) is 0. The summed E-state index contributed by atoms with van der Waals surface area (Å²) < 4.78 is 10.0. The highest BCUT2D eigenvalue weighted by Crippen LogP contribution is 2.22. The fourth-order valence-electron chi connectivity index (χ4n) is 1.21. The molecule has 0 aliphatic carbocycles. The number of aromatic nitrogens is 1. The van der Waals surface area contributed by atoms with Crippen LogP contribution in [0.2, 0.25) is 0 Å². The Labute approximate surface area is 105 Å². The van der Waals surface area contributed by atoms with Gasteiger partial charge in [0.15, 0.2) is 10.8 Å². The smallest absolute Gasteiger partial charge is 0.357 e. The van der Waals surface area contributed by atoms with Gasteiger partial charge in [-0.15, -0.1) is 11.3 Å². The first kappa shape index (κ1) is 13.9. The van der Waals surface area contributed by atoms with Gasteiger partial charge < -0.3 is 14.8 Å². The Morgan fingerprint density at radius 1 is 1.53 bits per heavy atom. The lowest BCUT2D eigenvalue weighted by molar-refractivity contribution is 0.0594. The minimum absolute atomic E-state index is 0.223. The summed E-state index contributed by atoms with van der Waals surface area (Å²) in [6.07, 6.45) is 0.223. The first-order valence-corrected chi connectivity index (χ1v) is 6.27. The van der Waals surface area contributed by atoms with Gasteiger partial charge in [0.05, 0.1) is 19.8 Å². The highest BCUT2D eigenvalue weighted by molar-refractivity contribution is 7.15. The molecule has 0 fully saturated rings. The van der Waals surface area contributed by atoms with E-state index in [-0.39, 0.29) is 6.10 Å². The quantitative estimate of drug-likeness (QED) is 0.625. The SMILES string of the molecule is COC(=O)c1nc(NCCOC(C)C)sc1C. The Hall–Kier alpha value is -1.14. The van der Waals surface area contributed by atoms with Crippen LogP contribution in [0, 0.1) is 6.92 Å². The van der Waals surface area contributed by atoms with E-state index in [1.807, 2.05) is 20.8 Å². The van der Waals surface area contributed by atoms with Crippen molar-refractivity contribution in [2.75, 3.05) is 25.6 Å². The van der Waals surface area contributed by atoms with Crippen molar-refractivity contribution in [1.82, 2.24) is 4.98 Å². The molecule has 0 spiro atoms. The Kier molecular flexibility index (Phi) is 5.37. The number of nitrogens with one attached hydrogen (secondary N) is 1. The van der Waals surface area contributed by atoms with E-state index in [2.05, 4.69) is 15.0 Å². The molecule has 0 bridgehead atoms. The minimum Gasteiger partial charge on any atom is -0.464 e. The zero-order valence-corrected chi connectivity index (χ0v) is 11.4. The number of anilines is 1. The summed E-state index contributed by atoms with van der Waals surface area (Å²) in [4.78, 5) is 16.4. The van der Waals surface area contributed by atoms with Crippen molar-refractivity contribution in [3.05, 3.63) is 10.6 Å². The lowest BCUT2D eigenvalue weighted by Gasteiger charge is -2.07. The summed E-state index contributed by atoms with van der Waals surface area (Å²) in [7, 11) is 1.35. The van der Waals surface area contributed by atoms with E-state index in [9.17, 15) is 4.79 Å². The number of thiazole rings is 1. The van der Waals surface area contributed by atoms with E-state index < -0.39 is 5.97 Å². The predicted octanol–water partition coefficient (Wildman–Crippen LogP) is 2.08. The molecular weight excluding hydrogens is 240 g/mol. The number of hydrogen-bond acceptors (Lipinski definition) is 6. The zero-order chi connectivity index (χ0) is 12.8. The van der Waals surface area contributed by atoms with Gasteiger partial charge in [0.1, 0.15) is 0 Å². The number of nitrogens with zero attached hydrogens (tertiary/aromatic N) is 1. The highest BCUT2D eigenvalue weighted by atomic mass is 32.1. The van der Waals surface area contributed by atoms with E-state index >= 15 is 0 Å². The maximum Gasteiger partial charge on any atom is 0.357 e. The van der Waals surface area contributed by atoms with Gasteiger partial charge in [-0.25, -0.2) is 9.78 Å². The molecule has 17 heavy (non-hydrogen) atoms. The Morgan fingerprint density at radius 2 is 2.24 bits per heavy atom. The fourth-order valence-corrected chi connectivity index (χ4v) is 2.04. The van der Waals surface area contributed by atoms with Crippen LogP contribution in [0.3, 0.4) is 0 Å². The second kappa shape index (κ2) is 6.56. The van der Waals surface area contributed by atoms with Gasteiger partial charge >= 0.3 is 5.97 Å². The molecule has 6 heteroatoms. The van der Waals surface area contributed by atoms with Gasteiger partial charge in [-0.3, -0.25) is 0 Å². The molecule has 5 nitrogen and oxygen atoms in total. The van der Waals surface area contributed by atoms with E-state index in [0.29, 0.717) is 18.8 Å². The lowest BCUT2D eigenvalue weighted by Crippen LogP contribution is -2.13. The van der Waals surface area contributed by atoms with Gasteiger partial charge in [-0.2, -0.15) is 0 Å². The van der Waals surface area contributed by atoms with Gasteiger partial charge in [-0.05, 0) is 20.8 Å². The Morgan fingerprint density at radius 3 is 2.82 bits per heavy atom. The molecule has 1 aromatic rings. The van der Waals surface area contributed by atoms with Crippen molar-refractivity contribution < 1.29 is 14.3 Å². The summed E-state index contributed by atoms with van der Waals surface area (Å²) in [5.74, 6) is -0.398. The van der Waals surface area contributed by atoms with E-state index in [0.717, 1.165) is 10.0 Å². The van der Waals surface area contributed by atoms with Crippen LogP contribution in [0.1, 0.15) is 29.2 Å². The molecule has 1 heterocycles. The molecule has 0 aromatic carbocycles. The number of aryl methyl sites for hydroxylation is 1. The lowest BCUT2D eigenvalue weighted by atomic mass is 10.4. The average Bonchev–Trinajstić information content (AvgIpc) is 2.65. The third kappa shape index (κ3) is 4.32. The van der Waals surface area contributed by atoms with Gasteiger partial charge in [0.2, 0.25) is 0 Å². The number of carbonyl (C=O) groups is 1. The average molecular weight is 258 g/mol. The van der Waals surface area contributed by atoms with Crippen LogP contribution in [0.5, 0.6) is 0 Å². The summed E-state index contributed by atoms with van der Waals surface area (Å²) >= 11 is 1.44. The van der Waals surface area contributed by atoms with E-state index in [4.69, 9.17) is 4.74 Å². The van der Waals surface area contributed by atoms with Crippen molar-refractivity contribution in [3.8, 4) is 0 Å². The van der Waals surface area contributed by atoms with Crippen LogP contribution in [-0.4, -0.2) is 37.3 Å². The number of methoxy groups -OCH3 is 1.